The van der Waals surface area contributed by atoms with Crippen molar-refractivity contribution in [3.05, 3.63) is 0 Å². The number of hydrogen-bond donors (Lipinski definition) is 1. The second-order valence-corrected chi connectivity index (χ2v) is 5.52. The molecule has 0 aromatic rings. The molecule has 5 heteroatoms. The van der Waals surface area contributed by atoms with Crippen molar-refractivity contribution in [2.45, 2.75) is 62.9 Å². The van der Waals surface area contributed by atoms with Crippen LogP contribution in [-0.4, -0.2) is 30.0 Å². The van der Waals surface area contributed by atoms with Crippen LogP contribution < -0.4 is 5.32 Å². The monoisotopic (exact) mass is 237 g/mol. The van der Waals surface area contributed by atoms with E-state index in [1.807, 2.05) is 13.8 Å². The Bertz CT molecular complexity index is 271. The van der Waals surface area contributed by atoms with E-state index in [1.165, 1.54) is 0 Å². The van der Waals surface area contributed by atoms with E-state index < -0.39 is 11.7 Å². The predicted octanol–water partition coefficient (Wildman–Crippen LogP) is 2.63. The van der Waals surface area contributed by atoms with Gasteiger partial charge in [-0.15, -0.1) is 0 Å². The third-order valence-corrected chi connectivity index (χ3v) is 3.47. The summed E-state index contributed by atoms with van der Waals surface area (Å²) < 4.78 is 43.7. The van der Waals surface area contributed by atoms with Gasteiger partial charge in [-0.2, -0.15) is 13.2 Å². The van der Waals surface area contributed by atoms with Gasteiger partial charge in [0.25, 0.3) is 0 Å². The first-order valence-corrected chi connectivity index (χ1v) is 5.73. The van der Waals surface area contributed by atoms with Crippen molar-refractivity contribution in [3.63, 3.8) is 0 Å². The molecule has 1 saturated heterocycles. The summed E-state index contributed by atoms with van der Waals surface area (Å²) in [4.78, 5) is 0. The fourth-order valence-corrected chi connectivity index (χ4v) is 2.38. The van der Waals surface area contributed by atoms with Gasteiger partial charge in [0.15, 0.2) is 0 Å². The Kier molecular flexibility index (Phi) is 2.74. The minimum Gasteiger partial charge on any atom is -0.375 e. The molecule has 1 heterocycles. The van der Waals surface area contributed by atoms with Gasteiger partial charge >= 0.3 is 6.18 Å². The first kappa shape index (κ1) is 12.2. The van der Waals surface area contributed by atoms with E-state index in [0.717, 1.165) is 0 Å². The molecule has 1 atom stereocenters. The second kappa shape index (κ2) is 3.60. The van der Waals surface area contributed by atoms with Crippen LogP contribution in [0.4, 0.5) is 13.2 Å². The first-order chi connectivity index (χ1) is 7.24. The van der Waals surface area contributed by atoms with E-state index in [-0.39, 0.29) is 24.5 Å². The van der Waals surface area contributed by atoms with Crippen molar-refractivity contribution in [1.29, 1.82) is 0 Å². The molecule has 1 aliphatic heterocycles. The highest BCUT2D eigenvalue weighted by Gasteiger charge is 2.63. The van der Waals surface area contributed by atoms with E-state index in [1.54, 1.807) is 0 Å². The zero-order valence-electron chi connectivity index (χ0n) is 9.66. The van der Waals surface area contributed by atoms with Crippen LogP contribution in [0.5, 0.6) is 0 Å². The lowest BCUT2D eigenvalue weighted by atomic mass is 9.93. The molecule has 16 heavy (non-hydrogen) atoms. The summed E-state index contributed by atoms with van der Waals surface area (Å²) >= 11 is 0. The fraction of sp³-hybridized carbons (Fsp3) is 1.00. The lowest BCUT2D eigenvalue weighted by Gasteiger charge is -2.38. The Hall–Kier alpha value is -0.290. The second-order valence-electron chi connectivity index (χ2n) is 5.52. The van der Waals surface area contributed by atoms with Crippen molar-refractivity contribution in [3.8, 4) is 0 Å². The summed E-state index contributed by atoms with van der Waals surface area (Å²) in [5.41, 5.74) is -1.90. The quantitative estimate of drug-likeness (QED) is 0.797. The van der Waals surface area contributed by atoms with E-state index in [0.29, 0.717) is 19.4 Å². The summed E-state index contributed by atoms with van der Waals surface area (Å²) in [5, 5.41) is 2.80. The molecule has 0 amide bonds. The van der Waals surface area contributed by atoms with Crippen LogP contribution in [0.2, 0.25) is 0 Å². The van der Waals surface area contributed by atoms with Gasteiger partial charge < -0.3 is 10.1 Å². The van der Waals surface area contributed by atoms with Gasteiger partial charge in [0, 0.05) is 12.6 Å². The molecule has 2 rings (SSSR count). The number of rotatable bonds is 2. The fourth-order valence-electron chi connectivity index (χ4n) is 2.38. The van der Waals surface area contributed by atoms with Crippen molar-refractivity contribution in [2.75, 3.05) is 6.61 Å². The first-order valence-electron chi connectivity index (χ1n) is 5.73. The van der Waals surface area contributed by atoms with Crippen LogP contribution in [-0.2, 0) is 4.74 Å². The molecule has 0 aromatic heterocycles. The molecular formula is C11H18F3NO. The molecule has 1 saturated carbocycles. The average molecular weight is 237 g/mol. The Balaban J connectivity index is 1.95. The van der Waals surface area contributed by atoms with Gasteiger partial charge in [-0.05, 0) is 39.5 Å². The van der Waals surface area contributed by atoms with Gasteiger partial charge in [0.1, 0.15) is 5.54 Å². The maximum absolute atomic E-state index is 12.7. The minimum atomic E-state index is -4.12. The number of alkyl halides is 3. The van der Waals surface area contributed by atoms with E-state index in [9.17, 15) is 13.2 Å². The van der Waals surface area contributed by atoms with Crippen molar-refractivity contribution < 1.29 is 17.9 Å². The van der Waals surface area contributed by atoms with Crippen LogP contribution in [0.3, 0.4) is 0 Å². The summed E-state index contributed by atoms with van der Waals surface area (Å²) in [6, 6.07) is -0.0760. The Morgan fingerprint density at radius 1 is 1.25 bits per heavy atom. The molecule has 2 fully saturated rings. The highest BCUT2D eigenvalue weighted by atomic mass is 19.4. The summed E-state index contributed by atoms with van der Waals surface area (Å²) in [6.07, 6.45) is -2.37. The third-order valence-electron chi connectivity index (χ3n) is 3.47. The number of ether oxygens (including phenoxy) is 1. The Morgan fingerprint density at radius 2 is 1.88 bits per heavy atom. The van der Waals surface area contributed by atoms with E-state index in [2.05, 4.69) is 5.32 Å². The van der Waals surface area contributed by atoms with Gasteiger partial charge in [0.05, 0.1) is 5.60 Å². The molecule has 94 valence electrons. The third kappa shape index (κ3) is 2.35. The highest BCUT2D eigenvalue weighted by Crippen LogP contribution is 2.49. The average Bonchev–Trinajstić information content (AvgIpc) is 2.81. The normalized spacial score (nSPS) is 32.4. The SMILES string of the molecule is CC1(C)CC(NC2(C(F)(F)F)CC2)CCO1. The lowest BCUT2D eigenvalue weighted by molar-refractivity contribution is -0.172. The summed E-state index contributed by atoms with van der Waals surface area (Å²) in [5.74, 6) is 0. The van der Waals surface area contributed by atoms with Crippen molar-refractivity contribution in [2.24, 2.45) is 0 Å². The molecule has 1 unspecified atom stereocenters. The highest BCUT2D eigenvalue weighted by molar-refractivity contribution is 5.09. The molecule has 0 radical (unpaired) electrons. The van der Waals surface area contributed by atoms with Crippen LogP contribution in [0.15, 0.2) is 0 Å². The zero-order chi connectivity index (χ0) is 12.0. The van der Waals surface area contributed by atoms with Gasteiger partial charge in [-0.3, -0.25) is 0 Å². The summed E-state index contributed by atoms with van der Waals surface area (Å²) in [7, 11) is 0. The van der Waals surface area contributed by atoms with Crippen LogP contribution >= 0.6 is 0 Å². The largest absolute Gasteiger partial charge is 0.406 e. The molecule has 1 aliphatic carbocycles. The molecule has 2 aliphatic rings. The summed E-state index contributed by atoms with van der Waals surface area (Å²) in [6.45, 7) is 4.39. The number of nitrogens with one attached hydrogen (secondary N) is 1. The lowest BCUT2D eigenvalue weighted by Crippen LogP contribution is -2.53. The maximum Gasteiger partial charge on any atom is 0.406 e. The topological polar surface area (TPSA) is 21.3 Å². The number of halogens is 3. The molecule has 2 nitrogen and oxygen atoms in total. The van der Waals surface area contributed by atoms with Crippen molar-refractivity contribution >= 4 is 0 Å². The molecule has 0 spiro atoms. The van der Waals surface area contributed by atoms with Crippen LogP contribution in [0.25, 0.3) is 0 Å². The van der Waals surface area contributed by atoms with E-state index in [4.69, 9.17) is 4.74 Å². The van der Waals surface area contributed by atoms with Crippen molar-refractivity contribution in [1.82, 2.24) is 5.32 Å². The van der Waals surface area contributed by atoms with Crippen LogP contribution in [0, 0.1) is 0 Å². The molecular weight excluding hydrogens is 219 g/mol. The zero-order valence-corrected chi connectivity index (χ0v) is 9.66. The Morgan fingerprint density at radius 3 is 2.31 bits per heavy atom. The molecule has 0 bridgehead atoms. The van der Waals surface area contributed by atoms with Gasteiger partial charge in [-0.1, -0.05) is 0 Å². The van der Waals surface area contributed by atoms with Gasteiger partial charge in [-0.25, -0.2) is 0 Å². The Labute approximate surface area is 93.5 Å². The molecule has 0 aromatic carbocycles. The van der Waals surface area contributed by atoms with Gasteiger partial charge in [0.2, 0.25) is 0 Å². The number of hydrogen-bond acceptors (Lipinski definition) is 2. The molecule has 1 N–H and O–H groups in total. The minimum absolute atomic E-state index is 0.0760. The predicted molar refractivity (Wildman–Crippen MR) is 54.2 cm³/mol. The smallest absolute Gasteiger partial charge is 0.375 e. The van der Waals surface area contributed by atoms with Crippen LogP contribution in [0.1, 0.15) is 39.5 Å². The maximum atomic E-state index is 12.7. The van der Waals surface area contributed by atoms with E-state index >= 15 is 0 Å². The standard InChI is InChI=1S/C11H18F3NO/c1-9(2)7-8(3-6-16-9)15-10(4-5-10)11(12,13)14/h8,15H,3-7H2,1-2H3.